The van der Waals surface area contributed by atoms with Crippen molar-refractivity contribution in [2.24, 2.45) is 0 Å². The Kier molecular flexibility index (Phi) is 3.19. The molecule has 0 heterocycles. The molecule has 0 aliphatic rings. The predicted molar refractivity (Wildman–Crippen MR) is 53.7 cm³/mol. The Morgan fingerprint density at radius 3 is 2.79 bits per heavy atom. The number of hydrogen-bond acceptors (Lipinski definition) is 3. The maximum Gasteiger partial charge on any atom is 0.181 e. The zero-order valence-electron chi connectivity index (χ0n) is 8.17. The molecule has 4 heteroatoms. The molecule has 0 fully saturated rings. The van der Waals surface area contributed by atoms with Gasteiger partial charge in [0.05, 0.1) is 11.7 Å². The Bertz CT molecular complexity index is 352. The molecule has 0 aliphatic heterocycles. The summed E-state index contributed by atoms with van der Waals surface area (Å²) in [6, 6.07) is 3.87. The number of hydrogen-bond donors (Lipinski definition) is 2. The zero-order chi connectivity index (χ0) is 10.7. The molecule has 14 heavy (non-hydrogen) atoms. The summed E-state index contributed by atoms with van der Waals surface area (Å²) >= 11 is 0. The normalized spacial score (nSPS) is 12.5. The van der Waals surface area contributed by atoms with Gasteiger partial charge in [-0.1, -0.05) is 6.07 Å². The van der Waals surface area contributed by atoms with E-state index in [2.05, 4.69) is 5.32 Å². The SMILES string of the molecule is CNC(C)C(=O)c1cccc(F)c1N. The summed E-state index contributed by atoms with van der Waals surface area (Å²) in [4.78, 5) is 11.6. The van der Waals surface area contributed by atoms with Gasteiger partial charge in [-0.15, -0.1) is 0 Å². The van der Waals surface area contributed by atoms with Gasteiger partial charge in [-0.3, -0.25) is 4.79 Å². The van der Waals surface area contributed by atoms with Crippen LogP contribution in [-0.2, 0) is 0 Å². The van der Waals surface area contributed by atoms with Gasteiger partial charge < -0.3 is 11.1 Å². The minimum Gasteiger partial charge on any atom is -0.396 e. The van der Waals surface area contributed by atoms with Crippen molar-refractivity contribution in [1.29, 1.82) is 0 Å². The summed E-state index contributed by atoms with van der Waals surface area (Å²) in [6.07, 6.45) is 0. The molecule has 0 radical (unpaired) electrons. The molecule has 1 aromatic carbocycles. The molecular formula is C10H13FN2O. The number of nitrogens with two attached hydrogens (primary N) is 1. The van der Waals surface area contributed by atoms with Crippen molar-refractivity contribution < 1.29 is 9.18 Å². The molecule has 0 amide bonds. The maximum atomic E-state index is 13.0. The molecule has 0 saturated heterocycles. The van der Waals surface area contributed by atoms with E-state index in [1.165, 1.54) is 18.2 Å². The van der Waals surface area contributed by atoms with Crippen molar-refractivity contribution in [2.45, 2.75) is 13.0 Å². The molecule has 76 valence electrons. The van der Waals surface area contributed by atoms with Crippen LogP contribution in [0.4, 0.5) is 10.1 Å². The minimum atomic E-state index is -0.556. The molecule has 1 aromatic rings. The monoisotopic (exact) mass is 196 g/mol. The van der Waals surface area contributed by atoms with Gasteiger partial charge in [0.25, 0.3) is 0 Å². The standard InChI is InChI=1S/C10H13FN2O/c1-6(13-2)10(14)7-4-3-5-8(11)9(7)12/h3-6,13H,12H2,1-2H3. The molecule has 0 aromatic heterocycles. The average molecular weight is 196 g/mol. The second kappa shape index (κ2) is 4.19. The summed E-state index contributed by atoms with van der Waals surface area (Å²) in [5, 5.41) is 2.78. The van der Waals surface area contributed by atoms with Crippen molar-refractivity contribution in [2.75, 3.05) is 12.8 Å². The summed E-state index contributed by atoms with van der Waals surface area (Å²) in [6.45, 7) is 1.70. The van der Waals surface area contributed by atoms with Crippen molar-refractivity contribution in [3.63, 3.8) is 0 Å². The highest BCUT2D eigenvalue weighted by Gasteiger charge is 2.17. The number of likely N-dealkylation sites (N-methyl/N-ethyl adjacent to an activating group) is 1. The fraction of sp³-hybridized carbons (Fsp3) is 0.300. The summed E-state index contributed by atoms with van der Waals surface area (Å²) < 4.78 is 13.0. The highest BCUT2D eigenvalue weighted by Crippen LogP contribution is 2.17. The highest BCUT2D eigenvalue weighted by atomic mass is 19.1. The van der Waals surface area contributed by atoms with Gasteiger partial charge >= 0.3 is 0 Å². The van der Waals surface area contributed by atoms with Crippen LogP contribution in [0.15, 0.2) is 18.2 Å². The van der Waals surface area contributed by atoms with Crippen molar-refractivity contribution in [3.05, 3.63) is 29.6 Å². The summed E-state index contributed by atoms with van der Waals surface area (Å²) in [7, 11) is 1.66. The quantitative estimate of drug-likeness (QED) is 0.564. The lowest BCUT2D eigenvalue weighted by atomic mass is 10.0. The third-order valence-corrected chi connectivity index (χ3v) is 2.14. The predicted octanol–water partition coefficient (Wildman–Crippen LogP) is 1.20. The van der Waals surface area contributed by atoms with Crippen LogP contribution in [0.2, 0.25) is 0 Å². The fourth-order valence-corrected chi connectivity index (χ4v) is 1.12. The molecule has 3 nitrogen and oxygen atoms in total. The van der Waals surface area contributed by atoms with Gasteiger partial charge in [-0.25, -0.2) is 4.39 Å². The van der Waals surface area contributed by atoms with E-state index in [-0.39, 0.29) is 23.1 Å². The molecule has 1 unspecified atom stereocenters. The average Bonchev–Trinajstić information content (AvgIpc) is 2.20. The second-order valence-electron chi connectivity index (χ2n) is 3.08. The molecule has 0 aliphatic carbocycles. The van der Waals surface area contributed by atoms with E-state index in [9.17, 15) is 9.18 Å². The van der Waals surface area contributed by atoms with Gasteiger partial charge in [-0.2, -0.15) is 0 Å². The van der Waals surface area contributed by atoms with E-state index >= 15 is 0 Å². The van der Waals surface area contributed by atoms with Gasteiger partial charge in [-0.05, 0) is 26.1 Å². The Morgan fingerprint density at radius 1 is 1.57 bits per heavy atom. The zero-order valence-corrected chi connectivity index (χ0v) is 8.17. The highest BCUT2D eigenvalue weighted by molar-refractivity contribution is 6.04. The number of anilines is 1. The van der Waals surface area contributed by atoms with Crippen molar-refractivity contribution in [3.8, 4) is 0 Å². The van der Waals surface area contributed by atoms with Gasteiger partial charge in [0.2, 0.25) is 0 Å². The van der Waals surface area contributed by atoms with Crippen LogP contribution in [0.1, 0.15) is 17.3 Å². The van der Waals surface area contributed by atoms with E-state index in [4.69, 9.17) is 5.73 Å². The molecule has 1 atom stereocenters. The number of benzene rings is 1. The number of nitrogens with one attached hydrogen (secondary N) is 1. The van der Waals surface area contributed by atoms with Crippen molar-refractivity contribution >= 4 is 11.5 Å². The topological polar surface area (TPSA) is 55.1 Å². The molecule has 3 N–H and O–H groups in total. The first-order valence-corrected chi connectivity index (χ1v) is 4.33. The van der Waals surface area contributed by atoms with Crippen LogP contribution in [0, 0.1) is 5.82 Å². The molecule has 0 spiro atoms. The van der Waals surface area contributed by atoms with E-state index in [0.717, 1.165) is 0 Å². The van der Waals surface area contributed by atoms with E-state index in [1.807, 2.05) is 0 Å². The number of halogens is 1. The Labute approximate surface area is 82.1 Å². The largest absolute Gasteiger partial charge is 0.396 e. The molecule has 0 bridgehead atoms. The minimum absolute atomic E-state index is 0.0837. The lowest BCUT2D eigenvalue weighted by Gasteiger charge is -2.10. The van der Waals surface area contributed by atoms with E-state index in [0.29, 0.717) is 0 Å². The van der Waals surface area contributed by atoms with E-state index in [1.54, 1.807) is 14.0 Å². The number of carbonyl (C=O) groups is 1. The Morgan fingerprint density at radius 2 is 2.21 bits per heavy atom. The second-order valence-corrected chi connectivity index (χ2v) is 3.08. The lowest BCUT2D eigenvalue weighted by Crippen LogP contribution is -2.31. The van der Waals surface area contributed by atoms with Crippen LogP contribution >= 0.6 is 0 Å². The van der Waals surface area contributed by atoms with Gasteiger partial charge in [0.15, 0.2) is 5.78 Å². The third-order valence-electron chi connectivity index (χ3n) is 2.14. The molecule has 0 saturated carbocycles. The Balaban J connectivity index is 3.07. The molecule has 1 rings (SSSR count). The Hall–Kier alpha value is -1.42. The van der Waals surface area contributed by atoms with Crippen LogP contribution in [0.25, 0.3) is 0 Å². The van der Waals surface area contributed by atoms with Crippen LogP contribution in [-0.4, -0.2) is 18.9 Å². The number of Topliss-reactive ketones (excluding diaryl/α,β-unsaturated/α-hetero) is 1. The lowest BCUT2D eigenvalue weighted by molar-refractivity contribution is 0.0955. The van der Waals surface area contributed by atoms with Gasteiger partial charge in [0, 0.05) is 5.56 Å². The first kappa shape index (κ1) is 10.7. The van der Waals surface area contributed by atoms with Gasteiger partial charge in [0.1, 0.15) is 5.82 Å². The van der Waals surface area contributed by atoms with Crippen LogP contribution in [0.3, 0.4) is 0 Å². The summed E-state index contributed by atoms with van der Waals surface area (Å²) in [5.74, 6) is -0.761. The third kappa shape index (κ3) is 1.90. The number of nitrogen functional groups attached to an aromatic ring is 1. The van der Waals surface area contributed by atoms with E-state index < -0.39 is 5.82 Å². The smallest absolute Gasteiger partial charge is 0.181 e. The maximum absolute atomic E-state index is 13.0. The molecular weight excluding hydrogens is 183 g/mol. The van der Waals surface area contributed by atoms with Crippen molar-refractivity contribution in [1.82, 2.24) is 5.32 Å². The first-order valence-electron chi connectivity index (χ1n) is 4.33. The van der Waals surface area contributed by atoms with Crippen LogP contribution in [0.5, 0.6) is 0 Å². The fourth-order valence-electron chi connectivity index (χ4n) is 1.12. The van der Waals surface area contributed by atoms with Crippen LogP contribution < -0.4 is 11.1 Å². The summed E-state index contributed by atoms with van der Waals surface area (Å²) in [5.41, 5.74) is 5.60. The first-order chi connectivity index (χ1) is 6.57. The number of ketones is 1. The number of rotatable bonds is 3. The number of carbonyl (C=O) groups excluding carboxylic acids is 1. The number of para-hydroxylation sites is 1.